The van der Waals surface area contributed by atoms with Crippen molar-refractivity contribution in [2.45, 2.75) is 33.2 Å². The number of aryl methyl sites for hydroxylation is 1. The number of hydrogen-bond donors (Lipinski definition) is 1. The summed E-state index contributed by atoms with van der Waals surface area (Å²) in [5, 5.41) is 8.52. The van der Waals surface area contributed by atoms with Gasteiger partial charge in [0.25, 0.3) is 0 Å². The number of halogens is 1. The zero-order valence-electron chi connectivity index (χ0n) is 9.16. The van der Waals surface area contributed by atoms with Crippen molar-refractivity contribution in [2.24, 2.45) is 0 Å². The molecule has 1 aromatic rings. The number of carboxylic acid groups (broad SMARTS) is 1. The fourth-order valence-corrected chi connectivity index (χ4v) is 1.73. The molecule has 0 unspecified atom stereocenters. The number of aromatic nitrogens is 2. The molecule has 0 aromatic carbocycles. The van der Waals surface area contributed by atoms with E-state index in [9.17, 15) is 9.59 Å². The summed E-state index contributed by atoms with van der Waals surface area (Å²) in [7, 11) is 0. The summed E-state index contributed by atoms with van der Waals surface area (Å²) in [6, 6.07) is 0. The number of hydrogen-bond acceptors (Lipinski definition) is 3. The first kappa shape index (κ1) is 12.9. The lowest BCUT2D eigenvalue weighted by molar-refractivity contribution is -0.137. The van der Waals surface area contributed by atoms with Crippen molar-refractivity contribution in [2.75, 3.05) is 0 Å². The van der Waals surface area contributed by atoms with Gasteiger partial charge in [-0.15, -0.1) is 0 Å². The van der Waals surface area contributed by atoms with Gasteiger partial charge in [0.2, 0.25) is 0 Å². The molecule has 88 valence electrons. The van der Waals surface area contributed by atoms with E-state index in [0.717, 1.165) is 10.2 Å². The normalized spacial score (nSPS) is 10.4. The molecule has 16 heavy (non-hydrogen) atoms. The lowest BCUT2D eigenvalue weighted by atomic mass is 10.3. The fraction of sp³-hybridized carbons (Fsp3) is 0.500. The molecular formula is C10H13BrN2O3. The average Bonchev–Trinajstić information content (AvgIpc) is 2.19. The van der Waals surface area contributed by atoms with Crippen LogP contribution in [0.2, 0.25) is 0 Å². The predicted octanol–water partition coefficient (Wildman–Crippen LogP) is 1.49. The minimum atomic E-state index is -0.857. The Kier molecular flexibility index (Phi) is 4.23. The van der Waals surface area contributed by atoms with Crippen LogP contribution in [0.25, 0.3) is 0 Å². The monoisotopic (exact) mass is 288 g/mol. The molecule has 0 amide bonds. The lowest BCUT2D eigenvalue weighted by Crippen LogP contribution is -2.26. The first-order chi connectivity index (χ1) is 7.43. The largest absolute Gasteiger partial charge is 0.481 e. The van der Waals surface area contributed by atoms with Crippen molar-refractivity contribution in [3.63, 3.8) is 0 Å². The molecule has 6 heteroatoms. The molecule has 0 aliphatic carbocycles. The Balaban J connectivity index is 2.92. The summed E-state index contributed by atoms with van der Waals surface area (Å²) >= 11 is 3.35. The summed E-state index contributed by atoms with van der Waals surface area (Å²) in [6.45, 7) is 3.93. The van der Waals surface area contributed by atoms with E-state index in [1.807, 2.05) is 0 Å². The van der Waals surface area contributed by atoms with Gasteiger partial charge in [-0.05, 0) is 36.2 Å². The second-order valence-electron chi connectivity index (χ2n) is 3.53. The predicted molar refractivity (Wildman–Crippen MR) is 62.5 cm³/mol. The van der Waals surface area contributed by atoms with Gasteiger partial charge in [0, 0.05) is 18.7 Å². The average molecular weight is 289 g/mol. The molecular weight excluding hydrogens is 276 g/mol. The van der Waals surface area contributed by atoms with Gasteiger partial charge in [-0.25, -0.2) is 4.79 Å². The minimum Gasteiger partial charge on any atom is -0.481 e. The van der Waals surface area contributed by atoms with Crippen LogP contribution >= 0.6 is 15.9 Å². The minimum absolute atomic E-state index is 0.0530. The zero-order valence-corrected chi connectivity index (χ0v) is 10.7. The number of rotatable bonds is 4. The van der Waals surface area contributed by atoms with E-state index in [1.54, 1.807) is 13.8 Å². The summed E-state index contributed by atoms with van der Waals surface area (Å²) in [5.41, 5.74) is 1.10. The van der Waals surface area contributed by atoms with E-state index in [0.29, 0.717) is 18.7 Å². The van der Waals surface area contributed by atoms with Crippen molar-refractivity contribution in [1.29, 1.82) is 0 Å². The van der Waals surface area contributed by atoms with Crippen LogP contribution in [-0.4, -0.2) is 20.6 Å². The van der Waals surface area contributed by atoms with Crippen LogP contribution in [-0.2, 0) is 11.3 Å². The first-order valence-corrected chi connectivity index (χ1v) is 5.68. The number of nitrogens with zero attached hydrogens (tertiary/aromatic N) is 2. The Morgan fingerprint density at radius 3 is 2.69 bits per heavy atom. The highest BCUT2D eigenvalue weighted by Crippen LogP contribution is 2.16. The van der Waals surface area contributed by atoms with E-state index in [4.69, 9.17) is 5.11 Å². The third-order valence-electron chi connectivity index (χ3n) is 2.31. The van der Waals surface area contributed by atoms with E-state index < -0.39 is 5.97 Å². The summed E-state index contributed by atoms with van der Waals surface area (Å²) in [5.74, 6) is -0.857. The molecule has 0 aliphatic rings. The Morgan fingerprint density at radius 2 is 2.12 bits per heavy atom. The van der Waals surface area contributed by atoms with Crippen LogP contribution in [0.5, 0.6) is 0 Å². The van der Waals surface area contributed by atoms with Gasteiger partial charge in [0.15, 0.2) is 0 Å². The molecule has 0 atom stereocenters. The molecule has 1 heterocycles. The molecule has 0 saturated carbocycles. The van der Waals surface area contributed by atoms with Crippen molar-refractivity contribution < 1.29 is 9.90 Å². The van der Waals surface area contributed by atoms with Gasteiger partial charge in [-0.1, -0.05) is 0 Å². The van der Waals surface area contributed by atoms with E-state index in [-0.39, 0.29) is 12.1 Å². The molecule has 5 nitrogen and oxygen atoms in total. The van der Waals surface area contributed by atoms with Gasteiger partial charge < -0.3 is 5.11 Å². The van der Waals surface area contributed by atoms with Crippen molar-refractivity contribution in [1.82, 2.24) is 9.55 Å². The smallest absolute Gasteiger partial charge is 0.348 e. The highest BCUT2D eigenvalue weighted by atomic mass is 79.9. The van der Waals surface area contributed by atoms with Crippen molar-refractivity contribution in [3.05, 3.63) is 26.3 Å². The Morgan fingerprint density at radius 1 is 1.50 bits per heavy atom. The standard InChI is InChI=1S/C10H13BrN2O3/c1-6-9(11)7(2)13(10(16)12-6)5-3-4-8(14)15/h3-5H2,1-2H3,(H,14,15). The maximum Gasteiger partial charge on any atom is 0.348 e. The molecule has 1 rings (SSSR count). The Labute approximate surface area is 101 Å². The quantitative estimate of drug-likeness (QED) is 0.911. The van der Waals surface area contributed by atoms with E-state index >= 15 is 0 Å². The van der Waals surface area contributed by atoms with Gasteiger partial charge in [-0.2, -0.15) is 4.98 Å². The van der Waals surface area contributed by atoms with Crippen LogP contribution in [0.15, 0.2) is 9.27 Å². The molecule has 0 radical (unpaired) electrons. The highest BCUT2D eigenvalue weighted by Gasteiger charge is 2.09. The molecule has 0 bridgehead atoms. The van der Waals surface area contributed by atoms with Gasteiger partial charge in [0.1, 0.15) is 0 Å². The van der Waals surface area contributed by atoms with E-state index in [2.05, 4.69) is 20.9 Å². The number of carbonyl (C=O) groups is 1. The Hall–Kier alpha value is -1.17. The zero-order chi connectivity index (χ0) is 12.3. The SMILES string of the molecule is Cc1nc(=O)n(CCCC(=O)O)c(C)c1Br. The summed E-state index contributed by atoms with van der Waals surface area (Å²) in [4.78, 5) is 25.8. The van der Waals surface area contributed by atoms with Gasteiger partial charge in [0.05, 0.1) is 10.2 Å². The summed E-state index contributed by atoms with van der Waals surface area (Å²) in [6.07, 6.45) is 0.477. The highest BCUT2D eigenvalue weighted by molar-refractivity contribution is 9.10. The summed E-state index contributed by atoms with van der Waals surface area (Å²) < 4.78 is 2.28. The van der Waals surface area contributed by atoms with Crippen LogP contribution in [0, 0.1) is 13.8 Å². The van der Waals surface area contributed by atoms with Gasteiger partial charge >= 0.3 is 11.7 Å². The molecule has 1 N–H and O–H groups in total. The van der Waals surface area contributed by atoms with E-state index in [1.165, 1.54) is 4.57 Å². The van der Waals surface area contributed by atoms with Crippen LogP contribution in [0.1, 0.15) is 24.2 Å². The third-order valence-corrected chi connectivity index (χ3v) is 3.45. The molecule has 0 aliphatic heterocycles. The molecule has 0 fully saturated rings. The molecule has 0 spiro atoms. The number of aliphatic carboxylic acids is 1. The second kappa shape index (κ2) is 5.25. The van der Waals surface area contributed by atoms with Crippen LogP contribution in [0.4, 0.5) is 0 Å². The third kappa shape index (κ3) is 2.91. The molecule has 1 aromatic heterocycles. The van der Waals surface area contributed by atoms with Crippen LogP contribution < -0.4 is 5.69 Å². The number of carboxylic acids is 1. The maximum atomic E-state index is 11.6. The fourth-order valence-electron chi connectivity index (χ4n) is 1.43. The van der Waals surface area contributed by atoms with Gasteiger partial charge in [-0.3, -0.25) is 9.36 Å². The van der Waals surface area contributed by atoms with Crippen molar-refractivity contribution in [3.8, 4) is 0 Å². The van der Waals surface area contributed by atoms with Crippen molar-refractivity contribution >= 4 is 21.9 Å². The van der Waals surface area contributed by atoms with Crippen LogP contribution in [0.3, 0.4) is 0 Å². The second-order valence-corrected chi connectivity index (χ2v) is 4.32. The molecule has 0 saturated heterocycles. The first-order valence-electron chi connectivity index (χ1n) is 4.89. The lowest BCUT2D eigenvalue weighted by Gasteiger charge is -2.11. The Bertz CT molecular complexity index is 468. The topological polar surface area (TPSA) is 72.2 Å². The maximum absolute atomic E-state index is 11.6.